The van der Waals surface area contributed by atoms with Crippen LogP contribution in [0.5, 0.6) is 0 Å². The maximum absolute atomic E-state index is 11.9. The molecule has 0 unspecified atom stereocenters. The van der Waals surface area contributed by atoms with Crippen LogP contribution >= 0.6 is 0 Å². The lowest BCUT2D eigenvalue weighted by Gasteiger charge is -2.08. The van der Waals surface area contributed by atoms with Crippen molar-refractivity contribution in [1.29, 1.82) is 0 Å². The summed E-state index contributed by atoms with van der Waals surface area (Å²) in [6.07, 6.45) is 6.37. The van der Waals surface area contributed by atoms with Gasteiger partial charge in [-0.1, -0.05) is 17.2 Å². The predicted molar refractivity (Wildman–Crippen MR) is 93.3 cm³/mol. The zero-order chi connectivity index (χ0) is 17.4. The van der Waals surface area contributed by atoms with Gasteiger partial charge in [0.2, 0.25) is 0 Å². The van der Waals surface area contributed by atoms with Gasteiger partial charge in [0, 0.05) is 0 Å². The molecule has 0 amide bonds. The Kier molecular flexibility index (Phi) is 7.66. The summed E-state index contributed by atoms with van der Waals surface area (Å²) >= 11 is 0. The number of hydrogen-bond acceptors (Lipinski definition) is 4. The van der Waals surface area contributed by atoms with Crippen molar-refractivity contribution in [3.05, 3.63) is 46.1 Å². The van der Waals surface area contributed by atoms with Gasteiger partial charge < -0.3 is 4.74 Å². The van der Waals surface area contributed by atoms with Crippen LogP contribution in [-0.4, -0.2) is 22.5 Å². The third-order valence-electron chi connectivity index (χ3n) is 3.66. The molecule has 0 fully saturated rings. The summed E-state index contributed by atoms with van der Waals surface area (Å²) in [7, 11) is 0. The van der Waals surface area contributed by atoms with Gasteiger partial charge in [-0.05, 0) is 60.5 Å². The van der Waals surface area contributed by atoms with Gasteiger partial charge in [0.15, 0.2) is 0 Å². The highest BCUT2D eigenvalue weighted by molar-refractivity contribution is 5.72. The molecule has 1 rings (SSSR count). The van der Waals surface area contributed by atoms with Gasteiger partial charge >= 0.3 is 5.97 Å². The van der Waals surface area contributed by atoms with Crippen molar-refractivity contribution < 1.29 is 9.53 Å². The van der Waals surface area contributed by atoms with E-state index in [1.165, 1.54) is 11.1 Å². The molecule has 0 saturated heterocycles. The molecule has 0 aliphatic carbocycles. The number of allylic oxidation sites excluding steroid dienone is 3. The maximum Gasteiger partial charge on any atom is 0.312 e. The monoisotopic (exact) mass is 316 g/mol. The lowest BCUT2D eigenvalue weighted by molar-refractivity contribution is -0.141. The molecule has 4 heteroatoms. The second kappa shape index (κ2) is 9.23. The Morgan fingerprint density at radius 2 is 1.65 bits per heavy atom. The van der Waals surface area contributed by atoms with Gasteiger partial charge in [-0.15, -0.1) is 0 Å². The Bertz CT molecular complexity index is 612. The van der Waals surface area contributed by atoms with Gasteiger partial charge in [0.1, 0.15) is 6.61 Å². The molecule has 1 aromatic heterocycles. The van der Waals surface area contributed by atoms with E-state index in [0.29, 0.717) is 12.3 Å². The van der Waals surface area contributed by atoms with Crippen molar-refractivity contribution in [2.45, 2.75) is 60.8 Å². The molecule has 0 N–H and O–H groups in total. The van der Waals surface area contributed by atoms with Gasteiger partial charge in [-0.25, -0.2) is 0 Å². The number of carbonyl (C=O) groups excluding carboxylic acids is 1. The smallest absolute Gasteiger partial charge is 0.312 e. The summed E-state index contributed by atoms with van der Waals surface area (Å²) in [5, 5.41) is 0. The zero-order valence-electron chi connectivity index (χ0n) is 15.2. The van der Waals surface area contributed by atoms with Crippen molar-refractivity contribution in [2.24, 2.45) is 0 Å². The minimum absolute atomic E-state index is 0.171. The number of aromatic nitrogens is 2. The summed E-state index contributed by atoms with van der Waals surface area (Å²) < 4.78 is 5.27. The molecule has 0 atom stereocenters. The molecule has 0 aliphatic rings. The van der Waals surface area contributed by atoms with Crippen LogP contribution in [0.4, 0.5) is 0 Å². The number of esters is 1. The van der Waals surface area contributed by atoms with Crippen LogP contribution in [0.25, 0.3) is 0 Å². The lowest BCUT2D eigenvalue weighted by atomic mass is 10.1. The number of aryl methyl sites for hydroxylation is 3. The first kappa shape index (κ1) is 19.1. The molecule has 0 spiro atoms. The van der Waals surface area contributed by atoms with Crippen LogP contribution in [0.15, 0.2) is 23.3 Å². The minimum Gasteiger partial charge on any atom is -0.461 e. The molecule has 0 bridgehead atoms. The zero-order valence-corrected chi connectivity index (χ0v) is 15.2. The van der Waals surface area contributed by atoms with Gasteiger partial charge in [0.05, 0.1) is 29.2 Å². The molecular weight excluding hydrogens is 288 g/mol. The quantitative estimate of drug-likeness (QED) is 0.559. The highest BCUT2D eigenvalue weighted by Crippen LogP contribution is 2.09. The molecular formula is C19H28N2O2. The van der Waals surface area contributed by atoms with Crippen LogP contribution in [-0.2, 0) is 16.0 Å². The van der Waals surface area contributed by atoms with E-state index in [1.54, 1.807) is 0 Å². The van der Waals surface area contributed by atoms with Gasteiger partial charge in [-0.3, -0.25) is 14.8 Å². The average Bonchev–Trinajstić information content (AvgIpc) is 2.44. The lowest BCUT2D eigenvalue weighted by Crippen LogP contribution is -2.12. The first-order valence-corrected chi connectivity index (χ1v) is 8.05. The van der Waals surface area contributed by atoms with Gasteiger partial charge in [-0.2, -0.15) is 0 Å². The maximum atomic E-state index is 11.9. The Balaban J connectivity index is 2.46. The predicted octanol–water partition coefficient (Wildman–Crippen LogP) is 4.18. The Hall–Kier alpha value is -1.97. The van der Waals surface area contributed by atoms with E-state index in [4.69, 9.17) is 4.74 Å². The van der Waals surface area contributed by atoms with Crippen molar-refractivity contribution in [1.82, 2.24) is 9.97 Å². The molecule has 0 aliphatic heterocycles. The Morgan fingerprint density at radius 3 is 2.30 bits per heavy atom. The number of nitrogens with zero attached hydrogens (tertiary/aromatic N) is 2. The minimum atomic E-state index is -0.265. The van der Waals surface area contributed by atoms with E-state index >= 15 is 0 Å². The molecule has 0 saturated carbocycles. The van der Waals surface area contributed by atoms with Crippen molar-refractivity contribution >= 4 is 5.97 Å². The SMILES string of the molecule is CC(C)=CCCC(C)=CCOC(=O)Cc1nc(C)c(C)nc1C. The average molecular weight is 316 g/mol. The summed E-state index contributed by atoms with van der Waals surface area (Å²) in [4.78, 5) is 20.7. The molecule has 1 aromatic rings. The summed E-state index contributed by atoms with van der Waals surface area (Å²) in [5.74, 6) is -0.265. The second-order valence-corrected chi connectivity index (χ2v) is 6.16. The number of rotatable bonds is 7. The van der Waals surface area contributed by atoms with Crippen LogP contribution < -0.4 is 0 Å². The molecule has 126 valence electrons. The largest absolute Gasteiger partial charge is 0.461 e. The summed E-state index contributed by atoms with van der Waals surface area (Å²) in [6.45, 7) is 12.3. The normalized spacial score (nSPS) is 11.3. The van der Waals surface area contributed by atoms with E-state index in [9.17, 15) is 4.79 Å². The van der Waals surface area contributed by atoms with E-state index in [2.05, 4.69) is 36.8 Å². The molecule has 1 heterocycles. The van der Waals surface area contributed by atoms with E-state index in [-0.39, 0.29) is 12.4 Å². The first-order valence-electron chi connectivity index (χ1n) is 8.05. The van der Waals surface area contributed by atoms with Crippen molar-refractivity contribution in [2.75, 3.05) is 6.61 Å². The summed E-state index contributed by atoms with van der Waals surface area (Å²) in [5.41, 5.74) is 5.80. The molecule has 4 nitrogen and oxygen atoms in total. The standard InChI is InChI=1S/C19H28N2O2/c1-13(2)8-7-9-14(3)10-11-23-19(22)12-18-17(6)20-15(4)16(5)21-18/h8,10H,7,9,11-12H2,1-6H3. The Labute approximate surface area is 139 Å². The topological polar surface area (TPSA) is 52.1 Å². The van der Waals surface area contributed by atoms with E-state index < -0.39 is 0 Å². The van der Waals surface area contributed by atoms with Crippen molar-refractivity contribution in [3.63, 3.8) is 0 Å². The molecule has 0 radical (unpaired) electrons. The Morgan fingerprint density at radius 1 is 1.00 bits per heavy atom. The fourth-order valence-corrected chi connectivity index (χ4v) is 2.08. The fourth-order valence-electron chi connectivity index (χ4n) is 2.08. The van der Waals surface area contributed by atoms with Gasteiger partial charge in [0.25, 0.3) is 0 Å². The number of hydrogen-bond donors (Lipinski definition) is 0. The highest BCUT2D eigenvalue weighted by Gasteiger charge is 2.11. The number of ether oxygens (including phenoxy) is 1. The fraction of sp³-hybridized carbons (Fsp3) is 0.526. The van der Waals surface area contributed by atoms with E-state index in [0.717, 1.165) is 29.9 Å². The van der Waals surface area contributed by atoms with Crippen LogP contribution in [0.3, 0.4) is 0 Å². The second-order valence-electron chi connectivity index (χ2n) is 6.16. The van der Waals surface area contributed by atoms with Crippen LogP contribution in [0.2, 0.25) is 0 Å². The van der Waals surface area contributed by atoms with E-state index in [1.807, 2.05) is 26.8 Å². The van der Waals surface area contributed by atoms with Crippen LogP contribution in [0, 0.1) is 20.8 Å². The third kappa shape index (κ3) is 7.22. The van der Waals surface area contributed by atoms with Crippen molar-refractivity contribution in [3.8, 4) is 0 Å². The van der Waals surface area contributed by atoms with Crippen LogP contribution in [0.1, 0.15) is 56.4 Å². The number of carbonyl (C=O) groups is 1. The highest BCUT2D eigenvalue weighted by atomic mass is 16.5. The molecule has 0 aromatic carbocycles. The third-order valence-corrected chi connectivity index (χ3v) is 3.66. The summed E-state index contributed by atoms with van der Waals surface area (Å²) in [6, 6.07) is 0. The first-order chi connectivity index (χ1) is 10.8. The molecule has 23 heavy (non-hydrogen) atoms.